The van der Waals surface area contributed by atoms with Gasteiger partial charge in [-0.1, -0.05) is 15.9 Å². The number of nitrogens with zero attached hydrogens (tertiary/aromatic N) is 1. The van der Waals surface area contributed by atoms with Crippen molar-refractivity contribution in [2.45, 2.75) is 45.2 Å². The van der Waals surface area contributed by atoms with Crippen molar-refractivity contribution in [1.82, 2.24) is 10.2 Å². The minimum absolute atomic E-state index is 0.128. The van der Waals surface area contributed by atoms with E-state index in [-0.39, 0.29) is 17.9 Å². The highest BCUT2D eigenvalue weighted by atomic mass is 79.9. The van der Waals surface area contributed by atoms with Crippen molar-refractivity contribution < 1.29 is 9.59 Å². The summed E-state index contributed by atoms with van der Waals surface area (Å²) in [7, 11) is 0. The maximum Gasteiger partial charge on any atom is 0.251 e. The smallest absolute Gasteiger partial charge is 0.251 e. The van der Waals surface area contributed by atoms with E-state index in [9.17, 15) is 9.59 Å². The van der Waals surface area contributed by atoms with Crippen LogP contribution in [0.1, 0.15) is 43.5 Å². The summed E-state index contributed by atoms with van der Waals surface area (Å²) in [5.74, 6) is -0.0126. The van der Waals surface area contributed by atoms with E-state index in [1.165, 1.54) is 0 Å². The van der Waals surface area contributed by atoms with Gasteiger partial charge in [0.1, 0.15) is 0 Å². The van der Waals surface area contributed by atoms with Gasteiger partial charge in [0, 0.05) is 35.1 Å². The number of rotatable bonds is 6. The molecule has 1 N–H and O–H groups in total. The second kappa shape index (κ2) is 7.07. The molecule has 0 spiro atoms. The molecule has 1 saturated carbocycles. The normalized spacial score (nSPS) is 14.1. The van der Waals surface area contributed by atoms with Crippen molar-refractivity contribution in [3.63, 3.8) is 0 Å². The van der Waals surface area contributed by atoms with Crippen LogP contribution in [-0.4, -0.2) is 35.3 Å². The van der Waals surface area contributed by atoms with Crippen LogP contribution in [0.2, 0.25) is 0 Å². The molecule has 0 aromatic heterocycles. The Balaban J connectivity index is 1.79. The fourth-order valence-electron chi connectivity index (χ4n) is 2.38. The molecule has 1 aromatic carbocycles. The van der Waals surface area contributed by atoms with E-state index in [0.717, 1.165) is 17.3 Å². The SMILES string of the molecule is CC(C)N(C(=O)CCNC(=O)c1ccc(Br)cc1)C1CC1. The Morgan fingerprint density at radius 3 is 2.43 bits per heavy atom. The average molecular weight is 353 g/mol. The minimum Gasteiger partial charge on any atom is -0.352 e. The van der Waals surface area contributed by atoms with E-state index < -0.39 is 0 Å². The molecule has 114 valence electrons. The average Bonchev–Trinajstić information content (AvgIpc) is 3.23. The number of halogens is 1. The first-order valence-corrected chi connectivity index (χ1v) is 8.13. The van der Waals surface area contributed by atoms with Gasteiger partial charge in [0.05, 0.1) is 0 Å². The van der Waals surface area contributed by atoms with Gasteiger partial charge in [-0.05, 0) is 51.0 Å². The number of hydrogen-bond acceptors (Lipinski definition) is 2. The van der Waals surface area contributed by atoms with Crippen LogP contribution in [0.3, 0.4) is 0 Å². The Kier molecular flexibility index (Phi) is 5.39. The van der Waals surface area contributed by atoms with Crippen LogP contribution in [0.15, 0.2) is 28.7 Å². The Bertz CT molecular complexity index is 508. The number of hydrogen-bond donors (Lipinski definition) is 1. The zero-order chi connectivity index (χ0) is 15.4. The summed E-state index contributed by atoms with van der Waals surface area (Å²) in [6, 6.07) is 7.81. The quantitative estimate of drug-likeness (QED) is 0.855. The molecule has 0 aliphatic heterocycles. The third-order valence-electron chi connectivity index (χ3n) is 3.52. The number of nitrogens with one attached hydrogen (secondary N) is 1. The van der Waals surface area contributed by atoms with Crippen LogP contribution in [-0.2, 0) is 4.79 Å². The van der Waals surface area contributed by atoms with Gasteiger partial charge in [0.15, 0.2) is 0 Å². The molecule has 21 heavy (non-hydrogen) atoms. The summed E-state index contributed by atoms with van der Waals surface area (Å²) in [5.41, 5.74) is 0.605. The maximum absolute atomic E-state index is 12.2. The molecular weight excluding hydrogens is 332 g/mol. The van der Waals surface area contributed by atoms with Crippen molar-refractivity contribution in [3.05, 3.63) is 34.3 Å². The second-order valence-corrected chi connectivity index (χ2v) is 6.55. The Labute approximate surface area is 134 Å². The molecule has 2 rings (SSSR count). The lowest BCUT2D eigenvalue weighted by molar-refractivity contribution is -0.133. The highest BCUT2D eigenvalue weighted by Gasteiger charge is 2.33. The molecule has 0 bridgehead atoms. The Hall–Kier alpha value is -1.36. The molecule has 0 unspecified atom stereocenters. The summed E-state index contributed by atoms with van der Waals surface area (Å²) >= 11 is 3.33. The highest BCUT2D eigenvalue weighted by Crippen LogP contribution is 2.29. The summed E-state index contributed by atoms with van der Waals surface area (Å²) in [6.07, 6.45) is 2.57. The van der Waals surface area contributed by atoms with Crippen LogP contribution >= 0.6 is 15.9 Å². The second-order valence-electron chi connectivity index (χ2n) is 5.64. The maximum atomic E-state index is 12.2. The summed E-state index contributed by atoms with van der Waals surface area (Å²) < 4.78 is 0.936. The van der Waals surface area contributed by atoms with Crippen molar-refractivity contribution in [3.8, 4) is 0 Å². The lowest BCUT2D eigenvalue weighted by atomic mass is 10.2. The van der Waals surface area contributed by atoms with Gasteiger partial charge < -0.3 is 10.2 Å². The summed E-state index contributed by atoms with van der Waals surface area (Å²) in [4.78, 5) is 26.1. The molecular formula is C16H21BrN2O2. The molecule has 5 heteroatoms. The zero-order valence-electron chi connectivity index (χ0n) is 12.4. The van der Waals surface area contributed by atoms with Gasteiger partial charge in [0.2, 0.25) is 5.91 Å². The van der Waals surface area contributed by atoms with Crippen LogP contribution in [0.4, 0.5) is 0 Å². The predicted octanol–water partition coefficient (Wildman–Crippen LogP) is 2.97. The summed E-state index contributed by atoms with van der Waals surface area (Å²) in [5, 5.41) is 2.80. The Morgan fingerprint density at radius 1 is 1.29 bits per heavy atom. The van der Waals surface area contributed by atoms with Crippen LogP contribution < -0.4 is 5.32 Å². The van der Waals surface area contributed by atoms with Gasteiger partial charge in [-0.25, -0.2) is 0 Å². The topological polar surface area (TPSA) is 49.4 Å². The molecule has 0 radical (unpaired) electrons. The van der Waals surface area contributed by atoms with E-state index in [1.807, 2.05) is 30.9 Å². The Morgan fingerprint density at radius 2 is 1.90 bits per heavy atom. The van der Waals surface area contributed by atoms with Gasteiger partial charge in [-0.15, -0.1) is 0 Å². The third-order valence-corrected chi connectivity index (χ3v) is 4.04. The molecule has 1 aliphatic rings. The van der Waals surface area contributed by atoms with Crippen molar-refractivity contribution >= 4 is 27.7 Å². The fourth-order valence-corrected chi connectivity index (χ4v) is 2.65. The molecule has 2 amide bonds. The van der Waals surface area contributed by atoms with Crippen LogP contribution in [0.25, 0.3) is 0 Å². The van der Waals surface area contributed by atoms with E-state index >= 15 is 0 Å². The van der Waals surface area contributed by atoms with Crippen LogP contribution in [0, 0.1) is 0 Å². The lowest BCUT2D eigenvalue weighted by Gasteiger charge is -2.26. The first-order valence-electron chi connectivity index (χ1n) is 7.34. The number of carbonyl (C=O) groups is 2. The van der Waals surface area contributed by atoms with Crippen molar-refractivity contribution in [2.24, 2.45) is 0 Å². The van der Waals surface area contributed by atoms with Gasteiger partial charge >= 0.3 is 0 Å². The number of amides is 2. The summed E-state index contributed by atoms with van der Waals surface area (Å²) in [6.45, 7) is 4.46. The molecule has 0 heterocycles. The number of benzene rings is 1. The van der Waals surface area contributed by atoms with Crippen molar-refractivity contribution in [2.75, 3.05) is 6.54 Å². The fraction of sp³-hybridized carbons (Fsp3) is 0.500. The minimum atomic E-state index is -0.141. The third kappa shape index (κ3) is 4.56. The van der Waals surface area contributed by atoms with E-state index in [2.05, 4.69) is 21.2 Å². The van der Waals surface area contributed by atoms with Crippen molar-refractivity contribution in [1.29, 1.82) is 0 Å². The van der Waals surface area contributed by atoms with Gasteiger partial charge in [-0.3, -0.25) is 9.59 Å². The van der Waals surface area contributed by atoms with Gasteiger partial charge in [-0.2, -0.15) is 0 Å². The molecule has 1 aliphatic carbocycles. The van der Waals surface area contributed by atoms with E-state index in [4.69, 9.17) is 0 Å². The first-order chi connectivity index (χ1) is 9.99. The molecule has 0 atom stereocenters. The largest absolute Gasteiger partial charge is 0.352 e. The molecule has 4 nitrogen and oxygen atoms in total. The molecule has 1 fully saturated rings. The highest BCUT2D eigenvalue weighted by molar-refractivity contribution is 9.10. The van der Waals surface area contributed by atoms with Crippen LogP contribution in [0.5, 0.6) is 0 Å². The standard InChI is InChI=1S/C16H21BrN2O2/c1-11(2)19(14-7-8-14)15(20)9-10-18-16(21)12-3-5-13(17)6-4-12/h3-6,11,14H,7-10H2,1-2H3,(H,18,21). The molecule has 1 aromatic rings. The van der Waals surface area contributed by atoms with E-state index in [0.29, 0.717) is 24.6 Å². The monoisotopic (exact) mass is 352 g/mol. The zero-order valence-corrected chi connectivity index (χ0v) is 14.0. The molecule has 0 saturated heterocycles. The van der Waals surface area contributed by atoms with Gasteiger partial charge in [0.25, 0.3) is 5.91 Å². The lowest BCUT2D eigenvalue weighted by Crippen LogP contribution is -2.40. The predicted molar refractivity (Wildman–Crippen MR) is 86.1 cm³/mol. The van der Waals surface area contributed by atoms with E-state index in [1.54, 1.807) is 12.1 Å². The number of carbonyl (C=O) groups excluding carboxylic acids is 2. The first kappa shape index (κ1) is 16.0.